The van der Waals surface area contributed by atoms with Crippen LogP contribution in [-0.2, 0) is 0 Å². The van der Waals surface area contributed by atoms with Crippen molar-refractivity contribution >= 4 is 17.7 Å². The second-order valence-electron chi connectivity index (χ2n) is 5.73. The lowest BCUT2D eigenvalue weighted by Crippen LogP contribution is -2.15. The Hall–Kier alpha value is -3.53. The second kappa shape index (κ2) is 9.25. The molecule has 27 heavy (non-hydrogen) atoms. The van der Waals surface area contributed by atoms with Crippen LogP contribution in [0.2, 0.25) is 0 Å². The Kier molecular flexibility index (Phi) is 6.26. The van der Waals surface area contributed by atoms with Crippen molar-refractivity contribution in [1.82, 2.24) is 0 Å². The summed E-state index contributed by atoms with van der Waals surface area (Å²) in [5.41, 5.74) is 2.40. The quantitative estimate of drug-likeness (QED) is 0.347. The molecule has 0 spiro atoms. The minimum absolute atomic E-state index is 0.169. The van der Waals surface area contributed by atoms with E-state index in [0.717, 1.165) is 16.9 Å². The summed E-state index contributed by atoms with van der Waals surface area (Å²) in [5, 5.41) is 8.42. The van der Waals surface area contributed by atoms with Gasteiger partial charge in [0.15, 0.2) is 0 Å². The monoisotopic (exact) mass is 356 g/mol. The summed E-state index contributed by atoms with van der Waals surface area (Å²) >= 11 is 0. The van der Waals surface area contributed by atoms with E-state index in [2.05, 4.69) is 10.2 Å². The van der Waals surface area contributed by atoms with E-state index in [4.69, 9.17) is 4.74 Å². The molecule has 0 N–H and O–H groups in total. The number of rotatable bonds is 7. The first-order chi connectivity index (χ1) is 13.3. The summed E-state index contributed by atoms with van der Waals surface area (Å²) in [6, 6.07) is 26.0. The molecule has 0 saturated heterocycles. The first-order valence-corrected chi connectivity index (χ1v) is 8.77. The predicted molar refractivity (Wildman–Crippen MR) is 109 cm³/mol. The number of ketones is 1. The Bertz CT molecular complexity index is 948. The summed E-state index contributed by atoms with van der Waals surface area (Å²) in [5.74, 6) is 0.562. The van der Waals surface area contributed by atoms with Crippen molar-refractivity contribution in [3.63, 3.8) is 0 Å². The number of ether oxygens (including phenoxy) is 1. The van der Waals surface area contributed by atoms with Gasteiger partial charge in [-0.1, -0.05) is 72.8 Å². The molecule has 134 valence electrons. The molecule has 0 heterocycles. The van der Waals surface area contributed by atoms with Gasteiger partial charge in [0.1, 0.15) is 11.5 Å². The minimum Gasteiger partial charge on any atom is -0.493 e. The van der Waals surface area contributed by atoms with Gasteiger partial charge in [0.05, 0.1) is 12.8 Å². The van der Waals surface area contributed by atoms with E-state index >= 15 is 0 Å². The zero-order chi connectivity index (χ0) is 18.9. The maximum Gasteiger partial charge on any atom is 0.213 e. The topological polar surface area (TPSA) is 51.0 Å². The van der Waals surface area contributed by atoms with E-state index in [1.807, 2.05) is 79.7 Å². The first-order valence-electron chi connectivity index (χ1n) is 8.77. The van der Waals surface area contributed by atoms with Crippen LogP contribution in [0.5, 0.6) is 5.75 Å². The molecule has 0 saturated carbocycles. The number of carbonyl (C=O) groups is 1. The molecule has 0 atom stereocenters. The van der Waals surface area contributed by atoms with Crippen molar-refractivity contribution in [3.05, 3.63) is 102 Å². The van der Waals surface area contributed by atoms with Crippen molar-refractivity contribution in [2.75, 3.05) is 6.61 Å². The van der Waals surface area contributed by atoms with Gasteiger partial charge < -0.3 is 4.74 Å². The summed E-state index contributed by atoms with van der Waals surface area (Å²) in [4.78, 5) is 12.9. The zero-order valence-electron chi connectivity index (χ0n) is 15.1. The molecule has 3 aromatic carbocycles. The highest BCUT2D eigenvalue weighted by Gasteiger charge is 2.16. The van der Waals surface area contributed by atoms with Crippen LogP contribution in [-0.4, -0.2) is 24.3 Å². The zero-order valence-corrected chi connectivity index (χ0v) is 15.1. The molecular weight excluding hydrogens is 336 g/mol. The van der Waals surface area contributed by atoms with Crippen molar-refractivity contribution in [3.8, 4) is 5.75 Å². The van der Waals surface area contributed by atoms with Crippen molar-refractivity contribution in [2.24, 2.45) is 10.2 Å². The van der Waals surface area contributed by atoms with Gasteiger partial charge in [-0.05, 0) is 19.1 Å². The van der Waals surface area contributed by atoms with Crippen LogP contribution in [0.4, 0.5) is 0 Å². The molecular formula is C23H20N2O2. The summed E-state index contributed by atoms with van der Waals surface area (Å²) in [7, 11) is 0. The van der Waals surface area contributed by atoms with Gasteiger partial charge in [0.25, 0.3) is 0 Å². The largest absolute Gasteiger partial charge is 0.493 e. The fraction of sp³-hybridized carbons (Fsp3) is 0.0870. The maximum atomic E-state index is 12.9. The lowest BCUT2D eigenvalue weighted by atomic mass is 10.0. The number of nitrogens with zero attached hydrogens (tertiary/aromatic N) is 2. The fourth-order valence-electron chi connectivity index (χ4n) is 2.58. The number of hydrogen-bond donors (Lipinski definition) is 0. The molecule has 0 aliphatic carbocycles. The van der Waals surface area contributed by atoms with E-state index in [9.17, 15) is 4.79 Å². The Morgan fingerprint density at radius 1 is 0.852 bits per heavy atom. The second-order valence-corrected chi connectivity index (χ2v) is 5.73. The smallest absolute Gasteiger partial charge is 0.213 e. The van der Waals surface area contributed by atoms with E-state index in [1.54, 1.807) is 18.3 Å². The molecule has 3 rings (SSSR count). The van der Waals surface area contributed by atoms with Crippen molar-refractivity contribution < 1.29 is 9.53 Å². The third-order valence-electron chi connectivity index (χ3n) is 3.87. The third-order valence-corrected chi connectivity index (χ3v) is 3.87. The average Bonchev–Trinajstić information content (AvgIpc) is 2.73. The van der Waals surface area contributed by atoms with Crippen LogP contribution < -0.4 is 4.74 Å². The van der Waals surface area contributed by atoms with Gasteiger partial charge in [-0.2, -0.15) is 5.10 Å². The molecule has 0 bridgehead atoms. The lowest BCUT2D eigenvalue weighted by Gasteiger charge is -2.06. The standard InChI is InChI=1S/C23H20N2O2/c1-2-27-21-16-10-9-15-20(21)17-24-25-22(18-11-5-3-6-12-18)23(26)19-13-7-4-8-14-19/h3-17H,2H2,1H3/b24-17-,25-22+. The van der Waals surface area contributed by atoms with Gasteiger partial charge in [0.2, 0.25) is 5.78 Å². The van der Waals surface area contributed by atoms with E-state index in [1.165, 1.54) is 0 Å². The molecule has 0 unspecified atom stereocenters. The number of Topliss-reactive ketones (excluding diaryl/α,β-unsaturated/α-hetero) is 1. The third kappa shape index (κ3) is 4.76. The molecule has 3 aromatic rings. The molecule has 0 fully saturated rings. The SMILES string of the molecule is CCOc1ccccc1/C=N\N=C(\C(=O)c1ccccc1)c1ccccc1. The Morgan fingerprint density at radius 2 is 1.44 bits per heavy atom. The predicted octanol–water partition coefficient (Wildman–Crippen LogP) is 4.79. The fourth-order valence-corrected chi connectivity index (χ4v) is 2.58. The molecule has 4 nitrogen and oxygen atoms in total. The highest BCUT2D eigenvalue weighted by Crippen LogP contribution is 2.16. The molecule has 4 heteroatoms. The molecule has 0 radical (unpaired) electrons. The molecule has 0 amide bonds. The average molecular weight is 356 g/mol. The van der Waals surface area contributed by atoms with E-state index < -0.39 is 0 Å². The van der Waals surface area contributed by atoms with Crippen molar-refractivity contribution in [2.45, 2.75) is 6.92 Å². The van der Waals surface area contributed by atoms with Gasteiger partial charge >= 0.3 is 0 Å². The van der Waals surface area contributed by atoms with Gasteiger partial charge in [0, 0.05) is 16.7 Å². The van der Waals surface area contributed by atoms with Crippen LogP contribution in [0.15, 0.2) is 95.1 Å². The van der Waals surface area contributed by atoms with E-state index in [-0.39, 0.29) is 5.78 Å². The van der Waals surface area contributed by atoms with Crippen LogP contribution in [0.3, 0.4) is 0 Å². The van der Waals surface area contributed by atoms with Crippen LogP contribution in [0.25, 0.3) is 0 Å². The summed E-state index contributed by atoms with van der Waals surface area (Å²) in [6.45, 7) is 2.49. The molecule has 0 aliphatic rings. The van der Waals surface area contributed by atoms with Gasteiger partial charge in [-0.3, -0.25) is 4.79 Å². The van der Waals surface area contributed by atoms with Crippen LogP contribution in [0.1, 0.15) is 28.4 Å². The molecule has 0 aromatic heterocycles. The Balaban J connectivity index is 1.95. The number of para-hydroxylation sites is 1. The normalized spacial score (nSPS) is 11.5. The maximum absolute atomic E-state index is 12.9. The lowest BCUT2D eigenvalue weighted by molar-refractivity contribution is 0.106. The molecule has 0 aliphatic heterocycles. The van der Waals surface area contributed by atoms with E-state index in [0.29, 0.717) is 17.9 Å². The Labute approximate surface area is 158 Å². The number of carbonyl (C=O) groups excluding carboxylic acids is 1. The Morgan fingerprint density at radius 3 is 2.11 bits per heavy atom. The highest BCUT2D eigenvalue weighted by molar-refractivity contribution is 6.51. The van der Waals surface area contributed by atoms with Gasteiger partial charge in [-0.25, -0.2) is 0 Å². The number of hydrogen-bond acceptors (Lipinski definition) is 4. The summed E-state index contributed by atoms with van der Waals surface area (Å²) < 4.78 is 5.59. The van der Waals surface area contributed by atoms with Crippen LogP contribution in [0, 0.1) is 0 Å². The van der Waals surface area contributed by atoms with Crippen LogP contribution >= 0.6 is 0 Å². The minimum atomic E-state index is -0.169. The summed E-state index contributed by atoms with van der Waals surface area (Å²) in [6.07, 6.45) is 1.60. The highest BCUT2D eigenvalue weighted by atomic mass is 16.5. The first kappa shape index (κ1) is 18.3. The van der Waals surface area contributed by atoms with Gasteiger partial charge in [-0.15, -0.1) is 5.10 Å². The van der Waals surface area contributed by atoms with Crippen molar-refractivity contribution in [1.29, 1.82) is 0 Å². The number of benzene rings is 3.